The monoisotopic (exact) mass is 426 g/mol. The minimum Gasteiger partial charge on any atom is -0.0616 e. The Morgan fingerprint density at radius 1 is 0.235 bits per heavy atom. The lowest BCUT2D eigenvalue weighted by atomic mass is 9.84. The van der Waals surface area contributed by atoms with Gasteiger partial charge in [0.25, 0.3) is 0 Å². The molecule has 154 valence electrons. The fourth-order valence-electron chi connectivity index (χ4n) is 6.70. The molecule has 0 atom stereocenters. The molecule has 0 radical (unpaired) electrons. The van der Waals surface area contributed by atoms with Crippen LogP contribution in [-0.4, -0.2) is 0 Å². The third-order valence-electron chi connectivity index (χ3n) is 8.09. The van der Waals surface area contributed by atoms with E-state index in [2.05, 4.69) is 109 Å². The van der Waals surface area contributed by atoms with Crippen LogP contribution in [-0.2, 0) is 0 Å². The number of hydrogen-bond donors (Lipinski definition) is 0. The van der Waals surface area contributed by atoms with Gasteiger partial charge in [0.1, 0.15) is 0 Å². The third kappa shape index (κ3) is 1.89. The van der Waals surface area contributed by atoms with Crippen LogP contribution >= 0.6 is 0 Å². The van der Waals surface area contributed by atoms with Gasteiger partial charge in [0.05, 0.1) is 0 Å². The summed E-state index contributed by atoms with van der Waals surface area (Å²) in [4.78, 5) is 0. The molecule has 0 aromatic heterocycles. The summed E-state index contributed by atoms with van der Waals surface area (Å²) in [6.07, 6.45) is 0. The Kier molecular flexibility index (Phi) is 2.88. The van der Waals surface area contributed by atoms with Gasteiger partial charge >= 0.3 is 0 Å². The Morgan fingerprint density at radius 2 is 0.588 bits per heavy atom. The lowest BCUT2D eigenvalue weighted by molar-refractivity contribution is 1.79. The van der Waals surface area contributed by atoms with Gasteiger partial charge in [-0.25, -0.2) is 0 Å². The van der Waals surface area contributed by atoms with Gasteiger partial charge in [0.2, 0.25) is 0 Å². The summed E-state index contributed by atoms with van der Waals surface area (Å²) in [6.45, 7) is 0. The summed E-state index contributed by atoms with van der Waals surface area (Å²) < 4.78 is 0. The molecule has 0 heterocycles. The summed E-state index contributed by atoms with van der Waals surface area (Å²) in [5, 5.41) is 21.7. The molecule has 0 bridgehead atoms. The molecule has 9 aromatic rings. The van der Waals surface area contributed by atoms with Crippen LogP contribution in [0.1, 0.15) is 0 Å². The predicted octanol–water partition coefficient (Wildman–Crippen LogP) is 9.79. The van der Waals surface area contributed by atoms with Crippen LogP contribution in [0.3, 0.4) is 0 Å². The van der Waals surface area contributed by atoms with Gasteiger partial charge in [-0.1, -0.05) is 97.1 Å². The molecular formula is C34H18. The van der Waals surface area contributed by atoms with Crippen molar-refractivity contribution in [2.75, 3.05) is 0 Å². The van der Waals surface area contributed by atoms with E-state index in [4.69, 9.17) is 0 Å². The largest absolute Gasteiger partial charge is 0.0616 e. The molecule has 0 N–H and O–H groups in total. The van der Waals surface area contributed by atoms with Crippen molar-refractivity contribution in [3.63, 3.8) is 0 Å². The molecule has 34 heavy (non-hydrogen) atoms. The highest BCUT2D eigenvalue weighted by molar-refractivity contribution is 6.42. The molecule has 0 fully saturated rings. The van der Waals surface area contributed by atoms with E-state index in [1.54, 1.807) is 0 Å². The molecule has 0 saturated heterocycles. The molecule has 9 rings (SSSR count). The zero-order chi connectivity index (χ0) is 22.0. The van der Waals surface area contributed by atoms with E-state index in [1.165, 1.54) is 86.2 Å². The predicted molar refractivity (Wildman–Crippen MR) is 149 cm³/mol. The SMILES string of the molecule is c1ccc2c(c1)cc1ccc3c4ccc5cc6ccccc6c6ccc(c7ccc2c1c37)c4c56. The van der Waals surface area contributed by atoms with Crippen LogP contribution in [0.4, 0.5) is 0 Å². The summed E-state index contributed by atoms with van der Waals surface area (Å²) >= 11 is 0. The van der Waals surface area contributed by atoms with E-state index in [9.17, 15) is 0 Å². The molecular weight excluding hydrogens is 408 g/mol. The quantitative estimate of drug-likeness (QED) is 0.167. The number of hydrogen-bond acceptors (Lipinski definition) is 0. The zero-order valence-corrected chi connectivity index (χ0v) is 18.4. The number of benzene rings is 9. The Balaban J connectivity index is 1.60. The highest BCUT2D eigenvalue weighted by Crippen LogP contribution is 2.47. The summed E-state index contributed by atoms with van der Waals surface area (Å²) in [5.74, 6) is 0. The van der Waals surface area contributed by atoms with E-state index in [0.717, 1.165) is 0 Å². The molecule has 0 heteroatoms. The fourth-order valence-corrected chi connectivity index (χ4v) is 6.70. The molecule has 0 aliphatic carbocycles. The highest BCUT2D eigenvalue weighted by Gasteiger charge is 2.18. The molecule has 9 aromatic carbocycles. The molecule has 0 unspecified atom stereocenters. The first kappa shape index (κ1) is 17.1. The smallest absolute Gasteiger partial charge is 0.00141 e. The van der Waals surface area contributed by atoms with Gasteiger partial charge in [0, 0.05) is 0 Å². The molecule has 0 aliphatic rings. The zero-order valence-electron chi connectivity index (χ0n) is 18.4. The first-order valence-corrected chi connectivity index (χ1v) is 12.0. The van der Waals surface area contributed by atoms with Crippen LogP contribution in [0.2, 0.25) is 0 Å². The van der Waals surface area contributed by atoms with E-state index in [0.29, 0.717) is 0 Å². The topological polar surface area (TPSA) is 0 Å². The maximum atomic E-state index is 2.36. The van der Waals surface area contributed by atoms with Crippen LogP contribution in [0.25, 0.3) is 86.2 Å². The lowest BCUT2D eigenvalue weighted by Crippen LogP contribution is -1.91. The molecule has 0 nitrogen and oxygen atoms in total. The maximum Gasteiger partial charge on any atom is -0.00141 e. The first-order chi connectivity index (χ1) is 16.9. The Labute approximate surface area is 195 Å². The standard InChI is InChI=1S/C34H18/c1-3-7-23-19(5-1)17-21-9-11-27-28-12-10-22-18-20-6-2-4-8-24(20)26-14-16-30(34(28)32(22)26)29-15-13-25(23)31(21)33(27)29/h1-18H. The van der Waals surface area contributed by atoms with Gasteiger partial charge in [-0.15, -0.1) is 0 Å². The maximum absolute atomic E-state index is 2.36. The fraction of sp³-hybridized carbons (Fsp3) is 0. The van der Waals surface area contributed by atoms with Crippen LogP contribution < -0.4 is 0 Å². The van der Waals surface area contributed by atoms with E-state index >= 15 is 0 Å². The first-order valence-electron chi connectivity index (χ1n) is 12.0. The van der Waals surface area contributed by atoms with Gasteiger partial charge in [-0.2, -0.15) is 0 Å². The molecule has 0 amide bonds. The Hall–Kier alpha value is -4.42. The van der Waals surface area contributed by atoms with Crippen molar-refractivity contribution in [3.8, 4) is 0 Å². The van der Waals surface area contributed by atoms with Crippen molar-refractivity contribution >= 4 is 86.2 Å². The second kappa shape index (κ2) is 5.73. The number of fused-ring (bicyclic) bond motifs is 6. The third-order valence-corrected chi connectivity index (χ3v) is 8.09. The minimum absolute atomic E-state index is 1.31. The van der Waals surface area contributed by atoms with Gasteiger partial charge < -0.3 is 0 Å². The van der Waals surface area contributed by atoms with Crippen molar-refractivity contribution in [2.45, 2.75) is 0 Å². The second-order valence-electron chi connectivity index (χ2n) is 9.69. The average Bonchev–Trinajstić information content (AvgIpc) is 2.90. The highest BCUT2D eigenvalue weighted by atomic mass is 14.2. The van der Waals surface area contributed by atoms with Gasteiger partial charge in [-0.3, -0.25) is 0 Å². The average molecular weight is 427 g/mol. The van der Waals surface area contributed by atoms with Crippen LogP contribution in [0.5, 0.6) is 0 Å². The van der Waals surface area contributed by atoms with E-state index in [-0.39, 0.29) is 0 Å². The van der Waals surface area contributed by atoms with Crippen molar-refractivity contribution in [1.82, 2.24) is 0 Å². The van der Waals surface area contributed by atoms with Crippen LogP contribution in [0, 0.1) is 0 Å². The summed E-state index contributed by atoms with van der Waals surface area (Å²) in [7, 11) is 0. The summed E-state index contributed by atoms with van der Waals surface area (Å²) in [5.41, 5.74) is 0. The lowest BCUT2D eigenvalue weighted by Gasteiger charge is -2.19. The Bertz CT molecular complexity index is 2080. The molecule has 0 saturated carbocycles. The van der Waals surface area contributed by atoms with Gasteiger partial charge in [-0.05, 0) is 98.3 Å². The molecule has 0 spiro atoms. The van der Waals surface area contributed by atoms with E-state index in [1.807, 2.05) is 0 Å². The molecule has 0 aliphatic heterocycles. The van der Waals surface area contributed by atoms with Crippen molar-refractivity contribution < 1.29 is 0 Å². The van der Waals surface area contributed by atoms with E-state index < -0.39 is 0 Å². The van der Waals surface area contributed by atoms with Crippen LogP contribution in [0.15, 0.2) is 109 Å². The van der Waals surface area contributed by atoms with Crippen molar-refractivity contribution in [3.05, 3.63) is 109 Å². The normalized spacial score (nSPS) is 12.7. The van der Waals surface area contributed by atoms with Gasteiger partial charge in [0.15, 0.2) is 0 Å². The summed E-state index contributed by atoms with van der Waals surface area (Å²) in [6, 6.07) is 41.0. The minimum atomic E-state index is 1.31. The Morgan fingerprint density at radius 3 is 1.03 bits per heavy atom. The second-order valence-corrected chi connectivity index (χ2v) is 9.69. The number of rotatable bonds is 0. The van der Waals surface area contributed by atoms with Crippen molar-refractivity contribution in [1.29, 1.82) is 0 Å². The van der Waals surface area contributed by atoms with Crippen molar-refractivity contribution in [2.24, 2.45) is 0 Å².